The molecule has 2 heterocycles. The number of halogens is 2. The van der Waals surface area contributed by atoms with Gasteiger partial charge in [0.25, 0.3) is 6.43 Å². The van der Waals surface area contributed by atoms with E-state index in [1.807, 2.05) is 0 Å². The molecule has 6 nitrogen and oxygen atoms in total. The van der Waals surface area contributed by atoms with Crippen LogP contribution in [-0.4, -0.2) is 49.5 Å². The fourth-order valence-corrected chi connectivity index (χ4v) is 2.17. The molecule has 1 saturated heterocycles. The minimum Gasteiger partial charge on any atom is -0.381 e. The largest absolute Gasteiger partial charge is 0.381 e. The fraction of sp³-hybridized carbons (Fsp3) is 0.833. The fourth-order valence-electron chi connectivity index (χ4n) is 2.17. The van der Waals surface area contributed by atoms with Crippen LogP contribution in [0, 0.1) is 0 Å². The van der Waals surface area contributed by atoms with Crippen LogP contribution in [0.3, 0.4) is 0 Å². The van der Waals surface area contributed by atoms with Gasteiger partial charge in [0.1, 0.15) is 6.61 Å². The van der Waals surface area contributed by atoms with Gasteiger partial charge in [0, 0.05) is 26.2 Å². The quantitative estimate of drug-likeness (QED) is 0.751. The predicted octanol–water partition coefficient (Wildman–Crippen LogP) is 0.901. The van der Waals surface area contributed by atoms with Crippen molar-refractivity contribution in [2.45, 2.75) is 31.1 Å². The average molecular weight is 291 g/mol. The van der Waals surface area contributed by atoms with Crippen molar-refractivity contribution < 1.29 is 22.8 Å². The summed E-state index contributed by atoms with van der Waals surface area (Å²) in [6, 6.07) is 0. The summed E-state index contributed by atoms with van der Waals surface area (Å²) in [5.74, 6) is 0.959. The first kappa shape index (κ1) is 15.3. The van der Waals surface area contributed by atoms with Gasteiger partial charge in [-0.05, 0) is 12.8 Å². The van der Waals surface area contributed by atoms with Gasteiger partial charge in [-0.3, -0.25) is 0 Å². The highest BCUT2D eigenvalue weighted by Crippen LogP contribution is 2.32. The van der Waals surface area contributed by atoms with Gasteiger partial charge >= 0.3 is 0 Å². The molecule has 0 aliphatic carbocycles. The lowest BCUT2D eigenvalue weighted by molar-refractivity contribution is 0.0182. The van der Waals surface area contributed by atoms with Crippen molar-refractivity contribution in [3.63, 3.8) is 0 Å². The molecule has 114 valence electrons. The van der Waals surface area contributed by atoms with E-state index in [0.29, 0.717) is 37.9 Å². The summed E-state index contributed by atoms with van der Waals surface area (Å²) >= 11 is 0. The smallest absolute Gasteiger partial charge is 0.261 e. The lowest BCUT2D eigenvalue weighted by Crippen LogP contribution is -2.40. The summed E-state index contributed by atoms with van der Waals surface area (Å²) in [6.45, 7) is 1.22. The molecule has 1 fully saturated rings. The molecule has 0 spiro atoms. The normalized spacial score (nSPS) is 18.6. The Balaban J connectivity index is 1.90. The first-order valence-corrected chi connectivity index (χ1v) is 6.63. The molecule has 0 aromatic carbocycles. The third-order valence-electron chi connectivity index (χ3n) is 3.48. The molecular formula is C12H19F2N3O3. The molecule has 0 amide bonds. The Kier molecular flexibility index (Phi) is 5.38. The van der Waals surface area contributed by atoms with E-state index in [4.69, 9.17) is 19.7 Å². The summed E-state index contributed by atoms with van der Waals surface area (Å²) < 4.78 is 39.2. The van der Waals surface area contributed by atoms with Crippen molar-refractivity contribution in [1.82, 2.24) is 10.1 Å². The van der Waals surface area contributed by atoms with Crippen molar-refractivity contribution in [3.8, 4) is 0 Å². The second-order valence-corrected chi connectivity index (χ2v) is 4.83. The van der Waals surface area contributed by atoms with Gasteiger partial charge in [-0.2, -0.15) is 4.98 Å². The summed E-state index contributed by atoms with van der Waals surface area (Å²) in [5.41, 5.74) is 5.52. The first-order valence-electron chi connectivity index (χ1n) is 6.63. The van der Waals surface area contributed by atoms with Gasteiger partial charge in [0.2, 0.25) is 5.89 Å². The minimum atomic E-state index is -2.46. The Labute approximate surface area is 115 Å². The Hall–Kier alpha value is -1.12. The van der Waals surface area contributed by atoms with Crippen molar-refractivity contribution in [3.05, 3.63) is 11.7 Å². The second kappa shape index (κ2) is 7.05. The van der Waals surface area contributed by atoms with E-state index in [0.717, 1.165) is 12.8 Å². The van der Waals surface area contributed by atoms with E-state index in [9.17, 15) is 8.78 Å². The zero-order valence-electron chi connectivity index (χ0n) is 11.2. The maximum atomic E-state index is 11.9. The molecule has 20 heavy (non-hydrogen) atoms. The summed E-state index contributed by atoms with van der Waals surface area (Å²) in [5, 5.41) is 3.85. The maximum absolute atomic E-state index is 11.9. The highest BCUT2D eigenvalue weighted by Gasteiger charge is 2.38. The van der Waals surface area contributed by atoms with Crippen LogP contribution < -0.4 is 5.73 Å². The SMILES string of the molecule is NCC1(c2nc(CCOCC(F)F)no2)CCOCC1. The van der Waals surface area contributed by atoms with Crippen LogP contribution in [0.2, 0.25) is 0 Å². The van der Waals surface area contributed by atoms with E-state index in [-0.39, 0.29) is 12.0 Å². The Bertz CT molecular complexity index is 408. The molecule has 1 aromatic rings. The van der Waals surface area contributed by atoms with E-state index < -0.39 is 13.0 Å². The minimum absolute atomic E-state index is 0.141. The highest BCUT2D eigenvalue weighted by molar-refractivity contribution is 5.07. The number of nitrogens with two attached hydrogens (primary N) is 1. The van der Waals surface area contributed by atoms with Crippen LogP contribution in [0.25, 0.3) is 0 Å². The molecule has 0 saturated carbocycles. The van der Waals surface area contributed by atoms with E-state index >= 15 is 0 Å². The van der Waals surface area contributed by atoms with Crippen LogP contribution in [0.5, 0.6) is 0 Å². The molecule has 0 unspecified atom stereocenters. The molecular weight excluding hydrogens is 272 g/mol. The molecule has 8 heteroatoms. The summed E-state index contributed by atoms with van der Waals surface area (Å²) in [6.07, 6.45) is -0.633. The summed E-state index contributed by atoms with van der Waals surface area (Å²) in [4.78, 5) is 4.31. The molecule has 1 aliphatic rings. The van der Waals surface area contributed by atoms with Gasteiger partial charge in [-0.25, -0.2) is 8.78 Å². The number of hydrogen-bond acceptors (Lipinski definition) is 6. The number of alkyl halides is 2. The lowest BCUT2D eigenvalue weighted by atomic mass is 9.80. The first-order chi connectivity index (χ1) is 9.66. The number of ether oxygens (including phenoxy) is 2. The van der Waals surface area contributed by atoms with E-state index in [2.05, 4.69) is 10.1 Å². The monoisotopic (exact) mass is 291 g/mol. The van der Waals surface area contributed by atoms with E-state index in [1.165, 1.54) is 0 Å². The Morgan fingerprint density at radius 3 is 2.75 bits per heavy atom. The van der Waals surface area contributed by atoms with Gasteiger partial charge in [0.15, 0.2) is 5.82 Å². The van der Waals surface area contributed by atoms with Crippen LogP contribution in [0.15, 0.2) is 4.52 Å². The van der Waals surface area contributed by atoms with Crippen LogP contribution in [-0.2, 0) is 21.3 Å². The lowest BCUT2D eigenvalue weighted by Gasteiger charge is -2.32. The molecule has 0 bridgehead atoms. The number of nitrogens with zero attached hydrogens (tertiary/aromatic N) is 2. The van der Waals surface area contributed by atoms with Crippen molar-refractivity contribution in [2.24, 2.45) is 5.73 Å². The maximum Gasteiger partial charge on any atom is 0.261 e. The number of rotatable bonds is 7. The number of aromatic nitrogens is 2. The van der Waals surface area contributed by atoms with Crippen molar-refractivity contribution in [1.29, 1.82) is 0 Å². The standard InChI is InChI=1S/C12H19F2N3O3/c13-9(14)7-19-4-1-10-16-11(20-17-10)12(8-15)2-5-18-6-3-12/h9H,1-8,15H2. The third-order valence-corrected chi connectivity index (χ3v) is 3.48. The van der Waals surface area contributed by atoms with Gasteiger partial charge < -0.3 is 19.7 Å². The van der Waals surface area contributed by atoms with Crippen LogP contribution in [0.4, 0.5) is 8.78 Å². The average Bonchev–Trinajstić information content (AvgIpc) is 2.93. The zero-order chi connectivity index (χ0) is 14.4. The molecule has 1 aliphatic heterocycles. The molecule has 2 N–H and O–H groups in total. The number of hydrogen-bond donors (Lipinski definition) is 1. The van der Waals surface area contributed by atoms with Gasteiger partial charge in [-0.15, -0.1) is 0 Å². The van der Waals surface area contributed by atoms with Gasteiger partial charge in [-0.1, -0.05) is 5.16 Å². The Morgan fingerprint density at radius 1 is 1.35 bits per heavy atom. The second-order valence-electron chi connectivity index (χ2n) is 4.83. The zero-order valence-corrected chi connectivity index (χ0v) is 11.2. The Morgan fingerprint density at radius 2 is 2.10 bits per heavy atom. The molecule has 1 aromatic heterocycles. The van der Waals surface area contributed by atoms with Crippen molar-refractivity contribution >= 4 is 0 Å². The molecule has 0 radical (unpaired) electrons. The van der Waals surface area contributed by atoms with Crippen LogP contribution >= 0.6 is 0 Å². The van der Waals surface area contributed by atoms with Gasteiger partial charge in [0.05, 0.1) is 12.0 Å². The molecule has 0 atom stereocenters. The highest BCUT2D eigenvalue weighted by atomic mass is 19.3. The summed E-state index contributed by atoms with van der Waals surface area (Å²) in [7, 11) is 0. The van der Waals surface area contributed by atoms with Crippen molar-refractivity contribution in [2.75, 3.05) is 33.0 Å². The predicted molar refractivity (Wildman–Crippen MR) is 65.6 cm³/mol. The molecule has 2 rings (SSSR count). The van der Waals surface area contributed by atoms with E-state index in [1.54, 1.807) is 0 Å². The van der Waals surface area contributed by atoms with Crippen LogP contribution in [0.1, 0.15) is 24.6 Å². The topological polar surface area (TPSA) is 83.4 Å². The third kappa shape index (κ3) is 3.71.